The summed E-state index contributed by atoms with van der Waals surface area (Å²) in [7, 11) is 0. The lowest BCUT2D eigenvalue weighted by Gasteiger charge is -2.70. The smallest absolute Gasteiger partial charge is 0.408 e. The number of unbranched alkanes of at least 4 members (excludes halogenated alkanes) is 1. The molecule has 2 amide bonds. The minimum absolute atomic E-state index is 0.0364. The van der Waals surface area contributed by atoms with Gasteiger partial charge in [-0.25, -0.2) is 9.59 Å². The van der Waals surface area contributed by atoms with Crippen LogP contribution in [-0.4, -0.2) is 52.6 Å². The molecule has 0 aliphatic heterocycles. The number of carboxylic acids is 1. The number of Topliss-reactive ketones (excluding diaryl/α,β-unsaturated/α-hetero) is 1. The van der Waals surface area contributed by atoms with E-state index in [9.17, 15) is 24.3 Å². The van der Waals surface area contributed by atoms with E-state index in [1.165, 1.54) is 0 Å². The Kier molecular flexibility index (Phi) is 12.0. The predicted molar refractivity (Wildman–Crippen MR) is 202 cm³/mol. The fraction of sp³-hybridized carbons (Fsp3) is 0.857. The number of rotatable bonds is 9. The molecule has 5 N–H and O–H groups in total. The Morgan fingerprint density at radius 3 is 2.18 bits per heavy atom. The number of alkyl carbamates (subject to hydrolysis) is 1. The quantitative estimate of drug-likeness (QED) is 0.139. The number of carboxylic acid groups (broad SMARTS) is 1. The Labute approximate surface area is 308 Å². The molecule has 0 aromatic heterocycles. The summed E-state index contributed by atoms with van der Waals surface area (Å²) >= 11 is 0. The molecule has 0 aromatic rings. The van der Waals surface area contributed by atoms with Gasteiger partial charge in [-0.15, -0.1) is 0 Å². The molecule has 0 saturated heterocycles. The Morgan fingerprint density at radius 2 is 1.57 bits per heavy atom. The van der Waals surface area contributed by atoms with E-state index < -0.39 is 34.7 Å². The van der Waals surface area contributed by atoms with Gasteiger partial charge in [-0.1, -0.05) is 53.7 Å². The minimum atomic E-state index is -1.11. The molecule has 5 aliphatic rings. The maximum absolute atomic E-state index is 14.4. The third kappa shape index (κ3) is 7.03. The van der Waals surface area contributed by atoms with Crippen LogP contribution in [0, 0.1) is 51.2 Å². The summed E-state index contributed by atoms with van der Waals surface area (Å²) in [5.41, 5.74) is 6.81. The lowest BCUT2D eigenvalue weighted by Crippen LogP contribution is -2.72. The predicted octanol–water partition coefficient (Wildman–Crippen LogP) is 8.19. The lowest BCUT2D eigenvalue weighted by atomic mass is 9.35. The first kappa shape index (κ1) is 41.3. The van der Waals surface area contributed by atoms with Gasteiger partial charge in [0, 0.05) is 23.9 Å². The monoisotopic (exact) mass is 714 g/mol. The molecule has 51 heavy (non-hydrogen) atoms. The van der Waals surface area contributed by atoms with Gasteiger partial charge >= 0.3 is 12.1 Å². The average molecular weight is 714 g/mol. The molecule has 5 fully saturated rings. The zero-order valence-electron chi connectivity index (χ0n) is 33.6. The van der Waals surface area contributed by atoms with E-state index in [2.05, 4.69) is 51.8 Å². The van der Waals surface area contributed by atoms with Crippen LogP contribution < -0.4 is 16.4 Å². The molecule has 5 aliphatic carbocycles. The summed E-state index contributed by atoms with van der Waals surface area (Å²) in [6.45, 7) is 25.5. The van der Waals surface area contributed by atoms with E-state index >= 15 is 0 Å². The molecular weight excluding hydrogens is 642 g/mol. The van der Waals surface area contributed by atoms with Crippen molar-refractivity contribution in [3.8, 4) is 0 Å². The van der Waals surface area contributed by atoms with E-state index in [1.54, 1.807) is 20.8 Å². The Bertz CT molecular complexity index is 1350. The summed E-state index contributed by atoms with van der Waals surface area (Å²) in [5.74, 6) is 1.05. The number of ether oxygens (including phenoxy) is 1. The van der Waals surface area contributed by atoms with E-state index in [4.69, 9.17) is 10.5 Å². The van der Waals surface area contributed by atoms with Crippen molar-refractivity contribution in [2.24, 2.45) is 57.0 Å². The van der Waals surface area contributed by atoms with Crippen molar-refractivity contribution in [3.05, 3.63) is 12.2 Å². The van der Waals surface area contributed by atoms with Gasteiger partial charge in [0.2, 0.25) is 5.91 Å². The third-order valence-corrected chi connectivity index (χ3v) is 14.9. The van der Waals surface area contributed by atoms with Gasteiger partial charge in [-0.2, -0.15) is 0 Å². The number of carbonyl (C=O) groups is 4. The van der Waals surface area contributed by atoms with Gasteiger partial charge in [0.15, 0.2) is 0 Å². The van der Waals surface area contributed by atoms with Crippen LogP contribution in [-0.2, 0) is 19.1 Å². The topological polar surface area (TPSA) is 148 Å². The number of ketones is 1. The Hall–Kier alpha value is -2.42. The number of carbonyl (C=O) groups excluding carboxylic acids is 3. The number of nitrogens with two attached hydrogens (primary N) is 1. The highest BCUT2D eigenvalue weighted by molar-refractivity contribution is 5.86. The molecule has 0 aromatic carbocycles. The maximum Gasteiger partial charge on any atom is 0.408 e. The number of nitrogens with one attached hydrogen (secondary N) is 2. The standard InChI is InChI=1S/C40H65N3O6.C2H6/c1-24(2)25-15-21-39(33(47)42-23-11-10-12-28(32(45)46)43-34(48)49-35(3,4)5)22-16-26-27(40(25,39)41)13-14-30-37(26,8)19-17-29-36(6,7)31(44)18-20-38(29,30)9;1-2/h25-30H,1,10-23,41H2,2-9H3,(H,42,47)(H,43,48)(H,45,46);1-2H3. The highest BCUT2D eigenvalue weighted by atomic mass is 16.6. The minimum Gasteiger partial charge on any atom is -0.480 e. The van der Waals surface area contributed by atoms with E-state index in [1.807, 2.05) is 13.8 Å². The summed E-state index contributed by atoms with van der Waals surface area (Å²) in [6.07, 6.45) is 9.95. The van der Waals surface area contributed by atoms with Gasteiger partial charge in [-0.05, 0) is 145 Å². The number of fused-ring (bicyclic) bond motifs is 7. The van der Waals surface area contributed by atoms with Gasteiger partial charge in [-0.3, -0.25) is 9.59 Å². The largest absolute Gasteiger partial charge is 0.480 e. The van der Waals surface area contributed by atoms with Crippen LogP contribution in [0.5, 0.6) is 0 Å². The van der Waals surface area contributed by atoms with Gasteiger partial charge in [0.1, 0.15) is 17.4 Å². The number of amides is 2. The van der Waals surface area contributed by atoms with Crippen molar-refractivity contribution >= 4 is 23.8 Å². The van der Waals surface area contributed by atoms with Crippen molar-refractivity contribution in [1.82, 2.24) is 10.6 Å². The van der Waals surface area contributed by atoms with Crippen LogP contribution in [0.2, 0.25) is 0 Å². The second-order valence-corrected chi connectivity index (χ2v) is 18.9. The van der Waals surface area contributed by atoms with Crippen molar-refractivity contribution in [1.29, 1.82) is 0 Å². The van der Waals surface area contributed by atoms with Crippen molar-refractivity contribution in [2.45, 2.75) is 170 Å². The SMILES string of the molecule is C=C(C)C1CCC2(C(=O)NCCCCC(NC(=O)OC(C)(C)C)C(=O)O)CCC3C(CCC4C3(C)CCC3C(C)(C)C(=O)CCC34C)C12N.CC. The van der Waals surface area contributed by atoms with E-state index in [-0.39, 0.29) is 40.4 Å². The van der Waals surface area contributed by atoms with Crippen LogP contribution in [0.4, 0.5) is 4.79 Å². The number of hydrogen-bond acceptors (Lipinski definition) is 6. The van der Waals surface area contributed by atoms with Crippen molar-refractivity contribution in [2.75, 3.05) is 6.54 Å². The molecule has 5 rings (SSSR count). The van der Waals surface area contributed by atoms with Crippen LogP contribution in [0.25, 0.3) is 0 Å². The summed E-state index contributed by atoms with van der Waals surface area (Å²) < 4.78 is 5.23. The molecule has 5 saturated carbocycles. The number of hydrogen-bond donors (Lipinski definition) is 4. The fourth-order valence-electron chi connectivity index (χ4n) is 12.8. The molecule has 10 unspecified atom stereocenters. The molecule has 290 valence electrons. The molecule has 0 heterocycles. The van der Waals surface area contributed by atoms with Crippen LogP contribution >= 0.6 is 0 Å². The second-order valence-electron chi connectivity index (χ2n) is 18.9. The highest BCUT2D eigenvalue weighted by Crippen LogP contribution is 2.74. The molecule has 9 heteroatoms. The molecule has 0 bridgehead atoms. The number of aliphatic carboxylic acids is 1. The van der Waals surface area contributed by atoms with Crippen molar-refractivity contribution in [3.63, 3.8) is 0 Å². The van der Waals surface area contributed by atoms with Crippen LogP contribution in [0.3, 0.4) is 0 Å². The first-order valence-electron chi connectivity index (χ1n) is 20.1. The zero-order valence-corrected chi connectivity index (χ0v) is 33.6. The third-order valence-electron chi connectivity index (χ3n) is 14.9. The molecule has 0 spiro atoms. The first-order chi connectivity index (χ1) is 23.6. The maximum atomic E-state index is 14.4. The van der Waals surface area contributed by atoms with E-state index in [0.29, 0.717) is 49.3 Å². The zero-order chi connectivity index (χ0) is 38.4. The van der Waals surface area contributed by atoms with E-state index in [0.717, 1.165) is 63.4 Å². The van der Waals surface area contributed by atoms with Crippen LogP contribution in [0.15, 0.2) is 12.2 Å². The normalized spacial score (nSPS) is 38.6. The molecule has 9 nitrogen and oxygen atoms in total. The van der Waals surface area contributed by atoms with Gasteiger partial charge in [0.05, 0.1) is 5.41 Å². The highest BCUT2D eigenvalue weighted by Gasteiger charge is 2.72. The summed E-state index contributed by atoms with van der Waals surface area (Å²) in [5, 5.41) is 15.4. The summed E-state index contributed by atoms with van der Waals surface area (Å²) in [6, 6.07) is -1.06. The Balaban J connectivity index is 0.00000286. The first-order valence-corrected chi connectivity index (χ1v) is 20.1. The second kappa shape index (κ2) is 14.8. The molecular formula is C42H71N3O6. The van der Waals surface area contributed by atoms with Crippen LogP contribution in [0.1, 0.15) is 153 Å². The fourth-order valence-corrected chi connectivity index (χ4v) is 12.8. The average Bonchev–Trinajstić information content (AvgIpc) is 3.36. The van der Waals surface area contributed by atoms with Crippen molar-refractivity contribution < 1.29 is 29.0 Å². The molecule has 10 atom stereocenters. The summed E-state index contributed by atoms with van der Waals surface area (Å²) in [4.78, 5) is 51.5. The van der Waals surface area contributed by atoms with Gasteiger partial charge in [0.25, 0.3) is 0 Å². The lowest BCUT2D eigenvalue weighted by molar-refractivity contribution is -0.202. The Morgan fingerprint density at radius 1 is 0.922 bits per heavy atom. The molecule has 0 radical (unpaired) electrons. The van der Waals surface area contributed by atoms with Gasteiger partial charge < -0.3 is 26.2 Å².